The molecule has 0 bridgehead atoms. The zero-order chi connectivity index (χ0) is 11.7. The highest BCUT2D eigenvalue weighted by Gasteiger charge is 2.05. The SMILES string of the molecule is Nc1ccc2[nH]c(CCc3ccco3)nc2n1. The highest BCUT2D eigenvalue weighted by molar-refractivity contribution is 5.72. The fourth-order valence-electron chi connectivity index (χ4n) is 1.77. The molecule has 3 aromatic heterocycles. The monoisotopic (exact) mass is 228 g/mol. The molecule has 86 valence electrons. The summed E-state index contributed by atoms with van der Waals surface area (Å²) in [6.45, 7) is 0. The number of imidazole rings is 1. The Morgan fingerprint density at radius 1 is 1.18 bits per heavy atom. The zero-order valence-corrected chi connectivity index (χ0v) is 9.18. The van der Waals surface area contributed by atoms with Crippen LogP contribution in [0.25, 0.3) is 11.2 Å². The lowest BCUT2D eigenvalue weighted by molar-refractivity contribution is 0.507. The van der Waals surface area contributed by atoms with Crippen molar-refractivity contribution in [3.63, 3.8) is 0 Å². The molecule has 0 fully saturated rings. The Bertz CT molecular complexity index is 627. The van der Waals surface area contributed by atoms with E-state index in [1.165, 1.54) is 0 Å². The molecule has 0 unspecified atom stereocenters. The van der Waals surface area contributed by atoms with Gasteiger partial charge in [-0.25, -0.2) is 9.97 Å². The maximum atomic E-state index is 5.60. The van der Waals surface area contributed by atoms with Crippen LogP contribution < -0.4 is 5.73 Å². The fraction of sp³-hybridized carbons (Fsp3) is 0.167. The smallest absolute Gasteiger partial charge is 0.179 e. The molecule has 0 atom stereocenters. The van der Waals surface area contributed by atoms with Gasteiger partial charge in [0.2, 0.25) is 0 Å². The molecule has 5 nitrogen and oxygen atoms in total. The van der Waals surface area contributed by atoms with Crippen LogP contribution in [-0.4, -0.2) is 15.0 Å². The number of nitrogens with zero attached hydrogens (tertiary/aromatic N) is 2. The summed E-state index contributed by atoms with van der Waals surface area (Å²) in [6, 6.07) is 7.49. The molecular weight excluding hydrogens is 216 g/mol. The lowest BCUT2D eigenvalue weighted by atomic mass is 10.2. The molecule has 3 heterocycles. The van der Waals surface area contributed by atoms with E-state index >= 15 is 0 Å². The molecule has 0 saturated carbocycles. The second kappa shape index (κ2) is 3.93. The van der Waals surface area contributed by atoms with Crippen molar-refractivity contribution in [2.45, 2.75) is 12.8 Å². The molecule has 5 heteroatoms. The number of rotatable bonds is 3. The normalized spacial score (nSPS) is 11.1. The lowest BCUT2D eigenvalue weighted by Crippen LogP contribution is -1.91. The van der Waals surface area contributed by atoms with E-state index in [0.29, 0.717) is 11.5 Å². The van der Waals surface area contributed by atoms with Gasteiger partial charge < -0.3 is 15.1 Å². The van der Waals surface area contributed by atoms with Crippen LogP contribution in [0, 0.1) is 0 Å². The molecule has 3 rings (SSSR count). The van der Waals surface area contributed by atoms with Crippen LogP contribution in [0.5, 0.6) is 0 Å². The van der Waals surface area contributed by atoms with Crippen LogP contribution in [-0.2, 0) is 12.8 Å². The predicted octanol–water partition coefficient (Wildman–Crippen LogP) is 1.92. The van der Waals surface area contributed by atoms with Gasteiger partial charge >= 0.3 is 0 Å². The third kappa shape index (κ3) is 1.99. The summed E-state index contributed by atoms with van der Waals surface area (Å²) in [6.07, 6.45) is 3.29. The number of aryl methyl sites for hydroxylation is 2. The van der Waals surface area contributed by atoms with Crippen molar-refractivity contribution in [2.75, 3.05) is 5.73 Å². The molecular formula is C12H12N4O. The van der Waals surface area contributed by atoms with E-state index in [9.17, 15) is 0 Å². The fourth-order valence-corrected chi connectivity index (χ4v) is 1.77. The third-order valence-corrected chi connectivity index (χ3v) is 2.60. The van der Waals surface area contributed by atoms with Gasteiger partial charge in [-0.1, -0.05) is 0 Å². The van der Waals surface area contributed by atoms with Crippen molar-refractivity contribution >= 4 is 17.0 Å². The molecule has 0 radical (unpaired) electrons. The van der Waals surface area contributed by atoms with E-state index in [0.717, 1.165) is 29.9 Å². The quantitative estimate of drug-likeness (QED) is 0.717. The topological polar surface area (TPSA) is 80.7 Å². The summed E-state index contributed by atoms with van der Waals surface area (Å²) in [4.78, 5) is 11.8. The maximum Gasteiger partial charge on any atom is 0.179 e. The van der Waals surface area contributed by atoms with Crippen LogP contribution >= 0.6 is 0 Å². The standard InChI is InChI=1S/C12H12N4O/c13-10-5-4-9-12(15-10)16-11(14-9)6-3-8-2-1-7-17-8/h1-2,4-5,7H,3,6H2,(H3,13,14,15,16). The minimum absolute atomic E-state index is 0.488. The Kier molecular flexibility index (Phi) is 2.29. The summed E-state index contributed by atoms with van der Waals surface area (Å²) in [7, 11) is 0. The molecule has 17 heavy (non-hydrogen) atoms. The molecule has 0 aliphatic rings. The molecule has 0 aliphatic carbocycles. The number of hydrogen-bond donors (Lipinski definition) is 2. The van der Waals surface area contributed by atoms with Gasteiger partial charge in [0.1, 0.15) is 17.4 Å². The van der Waals surface area contributed by atoms with Gasteiger partial charge in [-0.2, -0.15) is 0 Å². The van der Waals surface area contributed by atoms with Gasteiger partial charge in [0.05, 0.1) is 11.8 Å². The highest BCUT2D eigenvalue weighted by atomic mass is 16.3. The molecule has 0 spiro atoms. The number of furan rings is 1. The van der Waals surface area contributed by atoms with E-state index in [4.69, 9.17) is 10.2 Å². The molecule has 0 amide bonds. The number of H-pyrrole nitrogens is 1. The molecule has 3 aromatic rings. The minimum Gasteiger partial charge on any atom is -0.469 e. The number of anilines is 1. The summed E-state index contributed by atoms with van der Waals surface area (Å²) in [5, 5.41) is 0. The average molecular weight is 228 g/mol. The second-order valence-corrected chi connectivity index (χ2v) is 3.87. The first-order valence-corrected chi connectivity index (χ1v) is 5.45. The van der Waals surface area contributed by atoms with Gasteiger partial charge in [0.25, 0.3) is 0 Å². The number of nitrogen functional groups attached to an aromatic ring is 1. The second-order valence-electron chi connectivity index (χ2n) is 3.87. The first-order chi connectivity index (χ1) is 8.31. The third-order valence-electron chi connectivity index (χ3n) is 2.60. The zero-order valence-electron chi connectivity index (χ0n) is 9.18. The van der Waals surface area contributed by atoms with Gasteiger partial charge in [0.15, 0.2) is 5.65 Å². The predicted molar refractivity (Wildman–Crippen MR) is 64.4 cm³/mol. The summed E-state index contributed by atoms with van der Waals surface area (Å²) in [5.41, 5.74) is 7.18. The van der Waals surface area contributed by atoms with E-state index in [-0.39, 0.29) is 0 Å². The summed E-state index contributed by atoms with van der Waals surface area (Å²) < 4.78 is 5.27. The molecule has 0 aliphatic heterocycles. The minimum atomic E-state index is 0.488. The van der Waals surface area contributed by atoms with Crippen molar-refractivity contribution in [3.05, 3.63) is 42.1 Å². The van der Waals surface area contributed by atoms with Crippen LogP contribution in [0.4, 0.5) is 5.82 Å². The van der Waals surface area contributed by atoms with E-state index in [1.54, 1.807) is 12.3 Å². The van der Waals surface area contributed by atoms with Crippen LogP contribution in [0.15, 0.2) is 34.9 Å². The Labute approximate surface area is 97.7 Å². The molecule has 0 saturated heterocycles. The van der Waals surface area contributed by atoms with Crippen molar-refractivity contribution in [1.29, 1.82) is 0 Å². The average Bonchev–Trinajstić information content (AvgIpc) is 2.94. The largest absolute Gasteiger partial charge is 0.469 e. The van der Waals surface area contributed by atoms with Gasteiger partial charge in [-0.05, 0) is 24.3 Å². The van der Waals surface area contributed by atoms with Gasteiger partial charge in [-0.3, -0.25) is 0 Å². The van der Waals surface area contributed by atoms with Crippen molar-refractivity contribution < 1.29 is 4.42 Å². The van der Waals surface area contributed by atoms with Crippen LogP contribution in [0.3, 0.4) is 0 Å². The number of aromatic nitrogens is 3. The number of fused-ring (bicyclic) bond motifs is 1. The lowest BCUT2D eigenvalue weighted by Gasteiger charge is -1.92. The first kappa shape index (κ1) is 9.89. The summed E-state index contributed by atoms with van der Waals surface area (Å²) in [5.74, 6) is 2.34. The van der Waals surface area contributed by atoms with Crippen molar-refractivity contribution in [3.8, 4) is 0 Å². The Morgan fingerprint density at radius 2 is 2.12 bits per heavy atom. The Morgan fingerprint density at radius 3 is 2.94 bits per heavy atom. The number of hydrogen-bond acceptors (Lipinski definition) is 4. The van der Waals surface area contributed by atoms with E-state index < -0.39 is 0 Å². The Balaban J connectivity index is 1.81. The Hall–Kier alpha value is -2.30. The number of aromatic amines is 1. The van der Waals surface area contributed by atoms with Crippen molar-refractivity contribution in [1.82, 2.24) is 15.0 Å². The van der Waals surface area contributed by atoms with Gasteiger partial charge in [-0.15, -0.1) is 0 Å². The van der Waals surface area contributed by atoms with Crippen LogP contribution in [0.1, 0.15) is 11.6 Å². The summed E-state index contributed by atoms with van der Waals surface area (Å²) >= 11 is 0. The molecule has 3 N–H and O–H groups in total. The number of pyridine rings is 1. The molecule has 0 aromatic carbocycles. The number of nitrogens with one attached hydrogen (secondary N) is 1. The van der Waals surface area contributed by atoms with E-state index in [2.05, 4.69) is 15.0 Å². The highest BCUT2D eigenvalue weighted by Crippen LogP contribution is 2.12. The number of nitrogens with two attached hydrogens (primary N) is 1. The maximum absolute atomic E-state index is 5.60. The van der Waals surface area contributed by atoms with Crippen molar-refractivity contribution in [2.24, 2.45) is 0 Å². The first-order valence-electron chi connectivity index (χ1n) is 5.45. The van der Waals surface area contributed by atoms with Crippen LogP contribution in [0.2, 0.25) is 0 Å². The van der Waals surface area contributed by atoms with E-state index in [1.807, 2.05) is 18.2 Å². The van der Waals surface area contributed by atoms with Gasteiger partial charge in [0, 0.05) is 12.8 Å².